The molecule has 4 bridgehead atoms. The predicted octanol–water partition coefficient (Wildman–Crippen LogP) is 0.631. The number of carbonyl (C=O) groups excluding carboxylic acids is 2. The Bertz CT molecular complexity index is 809. The van der Waals surface area contributed by atoms with Gasteiger partial charge in [0.1, 0.15) is 17.7 Å². The molecule has 6 rings (SSSR count). The van der Waals surface area contributed by atoms with E-state index in [2.05, 4.69) is 6.07 Å². The van der Waals surface area contributed by atoms with Gasteiger partial charge in [-0.2, -0.15) is 5.26 Å². The van der Waals surface area contributed by atoms with E-state index in [0.717, 1.165) is 44.9 Å². The number of fused-ring (bicyclic) bond motifs is 1. The van der Waals surface area contributed by atoms with Crippen LogP contribution in [0.4, 0.5) is 0 Å². The molecular weight excluding hydrogens is 396 g/mol. The predicted molar refractivity (Wildman–Crippen MR) is 111 cm³/mol. The minimum absolute atomic E-state index is 0.0819. The lowest BCUT2D eigenvalue weighted by Crippen LogP contribution is -2.66. The summed E-state index contributed by atoms with van der Waals surface area (Å²) in [6.45, 7) is -0.287. The van der Waals surface area contributed by atoms with Crippen LogP contribution in [0.3, 0.4) is 0 Å². The number of esters is 1. The second-order valence-electron chi connectivity index (χ2n) is 11.3. The Kier molecular flexibility index (Phi) is 4.89. The summed E-state index contributed by atoms with van der Waals surface area (Å²) in [5, 5.41) is 19.2. The standard InChI is InChI=1S/C23H34N4O4/c1-26(2)18(11-28)21(30)31-23-8-13-3-14(9-23)7-22(6-13,12-23)19(25)20(29)27-16(10-24)4-15-5-17(15)27/h13-19,28H,3-9,11-12,25H2,1-2H3. The first-order valence-corrected chi connectivity index (χ1v) is 11.7. The molecule has 7 unspecified atom stereocenters. The van der Waals surface area contributed by atoms with Crippen molar-refractivity contribution in [2.24, 2.45) is 28.9 Å². The summed E-state index contributed by atoms with van der Waals surface area (Å²) in [5.74, 6) is 0.791. The number of carbonyl (C=O) groups is 2. The highest BCUT2D eigenvalue weighted by Gasteiger charge is 2.64. The normalized spacial score (nSPS) is 44.0. The quantitative estimate of drug-likeness (QED) is 0.593. The van der Waals surface area contributed by atoms with E-state index in [9.17, 15) is 20.0 Å². The third kappa shape index (κ3) is 3.28. The van der Waals surface area contributed by atoms with Crippen LogP contribution in [-0.4, -0.2) is 77.3 Å². The Labute approximate surface area is 183 Å². The number of likely N-dealkylation sites (N-methyl/N-ethyl adjacent to an activating group) is 1. The van der Waals surface area contributed by atoms with Crippen molar-refractivity contribution in [1.82, 2.24) is 9.80 Å². The average Bonchev–Trinajstić information content (AvgIpc) is 3.35. The van der Waals surface area contributed by atoms with E-state index in [-0.39, 0.29) is 30.0 Å². The van der Waals surface area contributed by atoms with Gasteiger partial charge in [0.15, 0.2) is 0 Å². The van der Waals surface area contributed by atoms with Crippen molar-refractivity contribution < 1.29 is 19.4 Å². The smallest absolute Gasteiger partial charge is 0.326 e. The number of amides is 1. The highest BCUT2D eigenvalue weighted by atomic mass is 16.6. The number of hydrogen-bond acceptors (Lipinski definition) is 7. The highest BCUT2D eigenvalue weighted by Crippen LogP contribution is 2.64. The van der Waals surface area contributed by atoms with Gasteiger partial charge in [0.25, 0.3) is 0 Å². The SMILES string of the molecule is CN(C)C(CO)C(=O)OC12CC3CC(C1)CC(C(N)C(=O)N1C(C#N)CC4CC41)(C3)C2. The molecular formula is C23H34N4O4. The monoisotopic (exact) mass is 430 g/mol. The molecule has 6 fully saturated rings. The van der Waals surface area contributed by atoms with Crippen molar-refractivity contribution >= 4 is 11.9 Å². The minimum Gasteiger partial charge on any atom is -0.458 e. The maximum atomic E-state index is 13.5. The van der Waals surface area contributed by atoms with Gasteiger partial charge in [-0.3, -0.25) is 14.5 Å². The van der Waals surface area contributed by atoms with Gasteiger partial charge in [0, 0.05) is 6.04 Å². The van der Waals surface area contributed by atoms with E-state index >= 15 is 0 Å². The molecule has 0 aromatic rings. The number of piperidine rings is 1. The van der Waals surface area contributed by atoms with Crippen LogP contribution in [0.2, 0.25) is 0 Å². The van der Waals surface area contributed by atoms with Crippen LogP contribution in [0.25, 0.3) is 0 Å². The largest absolute Gasteiger partial charge is 0.458 e. The summed E-state index contributed by atoms with van der Waals surface area (Å²) < 4.78 is 6.14. The zero-order valence-corrected chi connectivity index (χ0v) is 18.5. The van der Waals surface area contributed by atoms with Gasteiger partial charge in [-0.1, -0.05) is 0 Å². The summed E-state index contributed by atoms with van der Waals surface area (Å²) in [4.78, 5) is 29.9. The lowest BCUT2D eigenvalue weighted by Gasteiger charge is -2.62. The van der Waals surface area contributed by atoms with Crippen molar-refractivity contribution in [2.45, 2.75) is 81.1 Å². The lowest BCUT2D eigenvalue weighted by molar-refractivity contribution is -0.210. The van der Waals surface area contributed by atoms with Crippen molar-refractivity contribution in [1.29, 1.82) is 5.26 Å². The molecule has 0 aromatic carbocycles. The number of likely N-dealkylation sites (tertiary alicyclic amines) is 1. The minimum atomic E-state index is -0.688. The van der Waals surface area contributed by atoms with Crippen molar-refractivity contribution in [3.8, 4) is 6.07 Å². The van der Waals surface area contributed by atoms with E-state index in [1.165, 1.54) is 0 Å². The fourth-order valence-electron chi connectivity index (χ4n) is 7.77. The third-order valence-electron chi connectivity index (χ3n) is 8.87. The number of nitrogens with zero attached hydrogens (tertiary/aromatic N) is 3. The number of aliphatic hydroxyl groups is 1. The number of ether oxygens (including phenoxy) is 1. The Morgan fingerprint density at radius 3 is 2.48 bits per heavy atom. The summed E-state index contributed by atoms with van der Waals surface area (Å²) >= 11 is 0. The van der Waals surface area contributed by atoms with E-state index in [1.54, 1.807) is 23.9 Å². The fraction of sp³-hybridized carbons (Fsp3) is 0.870. The van der Waals surface area contributed by atoms with Crippen molar-refractivity contribution in [2.75, 3.05) is 20.7 Å². The number of nitrogens with two attached hydrogens (primary N) is 1. The summed E-state index contributed by atoms with van der Waals surface area (Å²) in [6, 6.07) is 0.789. The van der Waals surface area contributed by atoms with Crippen molar-refractivity contribution in [3.63, 3.8) is 0 Å². The molecule has 7 atom stereocenters. The molecule has 8 heteroatoms. The first-order valence-electron chi connectivity index (χ1n) is 11.7. The molecule has 1 heterocycles. The summed E-state index contributed by atoms with van der Waals surface area (Å²) in [7, 11) is 3.51. The number of rotatable bonds is 6. The number of hydrogen-bond donors (Lipinski definition) is 2. The number of aliphatic hydroxyl groups excluding tert-OH is 1. The molecule has 0 spiro atoms. The van der Waals surface area contributed by atoms with Crippen LogP contribution in [0.5, 0.6) is 0 Å². The second kappa shape index (κ2) is 7.16. The Morgan fingerprint density at radius 1 is 1.23 bits per heavy atom. The average molecular weight is 431 g/mol. The molecule has 1 aliphatic heterocycles. The van der Waals surface area contributed by atoms with Crippen LogP contribution in [0, 0.1) is 34.5 Å². The molecule has 170 valence electrons. The molecule has 1 amide bonds. The van der Waals surface area contributed by atoms with Gasteiger partial charge in [0.05, 0.1) is 18.7 Å². The lowest BCUT2D eigenvalue weighted by atomic mass is 9.46. The van der Waals surface area contributed by atoms with E-state index in [0.29, 0.717) is 24.2 Å². The molecule has 3 N–H and O–H groups in total. The third-order valence-corrected chi connectivity index (χ3v) is 8.87. The van der Waals surface area contributed by atoms with Crippen LogP contribution in [0.15, 0.2) is 0 Å². The summed E-state index contributed by atoms with van der Waals surface area (Å²) in [5.41, 5.74) is 5.76. The highest BCUT2D eigenvalue weighted by molar-refractivity contribution is 5.84. The summed E-state index contributed by atoms with van der Waals surface area (Å²) in [6.07, 6.45) is 6.90. The first kappa shape index (κ1) is 21.2. The molecule has 0 aromatic heterocycles. The number of nitriles is 1. The molecule has 5 aliphatic carbocycles. The molecule has 6 aliphatic rings. The molecule has 1 saturated heterocycles. The van der Waals surface area contributed by atoms with Gasteiger partial charge in [0.2, 0.25) is 5.91 Å². The topological polar surface area (TPSA) is 120 Å². The van der Waals surface area contributed by atoms with Gasteiger partial charge >= 0.3 is 5.97 Å². The first-order chi connectivity index (χ1) is 14.7. The Balaban J connectivity index is 1.38. The van der Waals surface area contributed by atoms with Gasteiger partial charge in [-0.05, 0) is 88.6 Å². The molecule has 8 nitrogen and oxygen atoms in total. The second-order valence-corrected chi connectivity index (χ2v) is 11.3. The maximum absolute atomic E-state index is 13.5. The molecule has 5 saturated carbocycles. The fourth-order valence-corrected chi connectivity index (χ4v) is 7.77. The zero-order chi connectivity index (χ0) is 22.1. The van der Waals surface area contributed by atoms with Gasteiger partial charge in [-0.25, -0.2) is 0 Å². The maximum Gasteiger partial charge on any atom is 0.326 e. The Hall–Kier alpha value is -1.69. The van der Waals surface area contributed by atoms with E-state index < -0.39 is 23.7 Å². The van der Waals surface area contributed by atoms with Gasteiger partial charge < -0.3 is 20.5 Å². The van der Waals surface area contributed by atoms with E-state index in [1.807, 2.05) is 0 Å². The van der Waals surface area contributed by atoms with Crippen molar-refractivity contribution in [3.05, 3.63) is 0 Å². The van der Waals surface area contributed by atoms with Crippen LogP contribution >= 0.6 is 0 Å². The van der Waals surface area contributed by atoms with Crippen LogP contribution in [-0.2, 0) is 14.3 Å². The molecule has 31 heavy (non-hydrogen) atoms. The molecule has 0 radical (unpaired) electrons. The Morgan fingerprint density at radius 2 is 1.90 bits per heavy atom. The van der Waals surface area contributed by atoms with Crippen LogP contribution in [0.1, 0.15) is 51.4 Å². The van der Waals surface area contributed by atoms with E-state index in [4.69, 9.17) is 10.5 Å². The van der Waals surface area contributed by atoms with Gasteiger partial charge in [-0.15, -0.1) is 0 Å². The van der Waals surface area contributed by atoms with Crippen LogP contribution < -0.4 is 5.73 Å². The zero-order valence-electron chi connectivity index (χ0n) is 18.5.